The van der Waals surface area contributed by atoms with Crippen molar-refractivity contribution >= 4 is 16.6 Å². The summed E-state index contributed by atoms with van der Waals surface area (Å²) in [7, 11) is 0. The van der Waals surface area contributed by atoms with E-state index in [9.17, 15) is 0 Å². The summed E-state index contributed by atoms with van der Waals surface area (Å²) >= 11 is 0. The van der Waals surface area contributed by atoms with Crippen LogP contribution in [0.2, 0.25) is 0 Å². The maximum absolute atomic E-state index is 5.81. The minimum Gasteiger partial charge on any atom is -0.489 e. The van der Waals surface area contributed by atoms with E-state index in [0.29, 0.717) is 6.61 Å². The predicted octanol–water partition coefficient (Wildman–Crippen LogP) is 1.01. The van der Waals surface area contributed by atoms with Gasteiger partial charge in [0, 0.05) is 11.1 Å². The lowest BCUT2D eigenvalue weighted by Crippen LogP contribution is -2.14. The van der Waals surface area contributed by atoms with Crippen LogP contribution in [-0.4, -0.2) is 16.4 Å². The molecule has 2 N–H and O–H groups in total. The minimum atomic E-state index is 0.688. The van der Waals surface area contributed by atoms with Crippen molar-refractivity contribution in [1.29, 1.82) is 0 Å². The fraction of sp³-hybridized carbons (Fsp3) is 0.222. The first kappa shape index (κ1) is 6.77. The van der Waals surface area contributed by atoms with Crippen molar-refractivity contribution in [1.82, 2.24) is 9.78 Å². The van der Waals surface area contributed by atoms with Crippen molar-refractivity contribution in [3.05, 3.63) is 18.3 Å². The molecule has 1 aromatic heterocycles. The van der Waals surface area contributed by atoms with E-state index in [1.54, 1.807) is 6.20 Å². The van der Waals surface area contributed by atoms with E-state index in [1.165, 1.54) is 0 Å². The van der Waals surface area contributed by atoms with Crippen molar-refractivity contribution in [2.24, 2.45) is 0 Å². The van der Waals surface area contributed by atoms with Crippen LogP contribution in [0.25, 0.3) is 10.9 Å². The molecule has 1 aliphatic rings. The number of hydrogen-bond donors (Lipinski definition) is 1. The molecule has 0 atom stereocenters. The van der Waals surface area contributed by atoms with Gasteiger partial charge in [0.15, 0.2) is 0 Å². The molecule has 0 fully saturated rings. The number of ether oxygens (including phenoxy) is 1. The first-order chi connectivity index (χ1) is 6.36. The number of benzene rings is 1. The molecular formula is C9H9N3O. The second kappa shape index (κ2) is 2.16. The molecule has 3 rings (SSSR count). The second-order valence-electron chi connectivity index (χ2n) is 3.13. The molecule has 0 unspecified atom stereocenters. The van der Waals surface area contributed by atoms with E-state index < -0.39 is 0 Å². The van der Waals surface area contributed by atoms with Gasteiger partial charge in [0.05, 0.1) is 12.7 Å². The van der Waals surface area contributed by atoms with Gasteiger partial charge in [-0.1, -0.05) is 0 Å². The van der Waals surface area contributed by atoms with Gasteiger partial charge in [0.2, 0.25) is 0 Å². The van der Waals surface area contributed by atoms with Gasteiger partial charge in [-0.05, 0) is 12.1 Å². The van der Waals surface area contributed by atoms with E-state index in [-0.39, 0.29) is 0 Å². The van der Waals surface area contributed by atoms with Crippen molar-refractivity contribution in [2.45, 2.75) is 6.54 Å². The third-order valence-electron chi connectivity index (χ3n) is 2.36. The molecule has 0 amide bonds. The van der Waals surface area contributed by atoms with Crippen LogP contribution in [-0.2, 0) is 6.54 Å². The molecule has 2 heterocycles. The number of aromatic nitrogens is 2. The third kappa shape index (κ3) is 0.771. The van der Waals surface area contributed by atoms with Gasteiger partial charge in [-0.15, -0.1) is 0 Å². The molecule has 0 aliphatic carbocycles. The largest absolute Gasteiger partial charge is 0.489 e. The monoisotopic (exact) mass is 175 g/mol. The number of rotatable bonds is 0. The van der Waals surface area contributed by atoms with Crippen molar-refractivity contribution < 1.29 is 4.74 Å². The number of hydrogen-bond acceptors (Lipinski definition) is 3. The van der Waals surface area contributed by atoms with Gasteiger partial charge < -0.3 is 10.5 Å². The first-order valence-corrected chi connectivity index (χ1v) is 4.23. The van der Waals surface area contributed by atoms with Gasteiger partial charge in [0.1, 0.15) is 17.9 Å². The molecule has 0 bridgehead atoms. The van der Waals surface area contributed by atoms with E-state index in [1.807, 2.05) is 16.8 Å². The fourth-order valence-electron chi connectivity index (χ4n) is 1.72. The van der Waals surface area contributed by atoms with Crippen LogP contribution < -0.4 is 10.5 Å². The highest BCUT2D eigenvalue weighted by molar-refractivity contribution is 5.94. The van der Waals surface area contributed by atoms with E-state index in [4.69, 9.17) is 10.5 Å². The van der Waals surface area contributed by atoms with Crippen LogP contribution in [0, 0.1) is 0 Å². The summed E-state index contributed by atoms with van der Waals surface area (Å²) in [4.78, 5) is 0. The molecule has 0 saturated heterocycles. The lowest BCUT2D eigenvalue weighted by Gasteiger charge is -2.15. The maximum Gasteiger partial charge on any atom is 0.145 e. The molecular weight excluding hydrogens is 166 g/mol. The van der Waals surface area contributed by atoms with Crippen LogP contribution in [0.3, 0.4) is 0 Å². The van der Waals surface area contributed by atoms with E-state index in [0.717, 1.165) is 28.9 Å². The Morgan fingerprint density at radius 3 is 3.31 bits per heavy atom. The summed E-state index contributed by atoms with van der Waals surface area (Å²) in [5.41, 5.74) is 7.59. The predicted molar refractivity (Wildman–Crippen MR) is 49.6 cm³/mol. The van der Waals surface area contributed by atoms with Crippen LogP contribution in [0.5, 0.6) is 5.75 Å². The normalized spacial score (nSPS) is 14.5. The molecule has 13 heavy (non-hydrogen) atoms. The molecule has 0 spiro atoms. The first-order valence-electron chi connectivity index (χ1n) is 4.23. The van der Waals surface area contributed by atoms with Crippen LogP contribution >= 0.6 is 0 Å². The highest BCUT2D eigenvalue weighted by Crippen LogP contribution is 2.31. The molecule has 4 nitrogen and oxygen atoms in total. The summed E-state index contributed by atoms with van der Waals surface area (Å²) in [6, 6.07) is 3.75. The number of nitrogen functional groups attached to an aromatic ring is 1. The number of nitrogens with two attached hydrogens (primary N) is 1. The summed E-state index contributed by atoms with van der Waals surface area (Å²) < 4.78 is 7.43. The second-order valence-corrected chi connectivity index (χ2v) is 3.13. The number of nitrogens with zero attached hydrogens (tertiary/aromatic N) is 2. The molecule has 0 radical (unpaired) electrons. The molecule has 66 valence electrons. The van der Waals surface area contributed by atoms with Gasteiger partial charge in [-0.2, -0.15) is 5.10 Å². The van der Waals surface area contributed by atoms with Crippen molar-refractivity contribution in [3.63, 3.8) is 0 Å². The Labute approximate surface area is 74.9 Å². The maximum atomic E-state index is 5.81. The summed E-state index contributed by atoms with van der Waals surface area (Å²) in [5.74, 6) is 0.882. The summed E-state index contributed by atoms with van der Waals surface area (Å²) in [6.07, 6.45) is 1.79. The van der Waals surface area contributed by atoms with Gasteiger partial charge in [-0.3, -0.25) is 4.68 Å². The zero-order valence-corrected chi connectivity index (χ0v) is 7.03. The molecule has 1 aromatic carbocycles. The molecule has 1 aliphatic heterocycles. The molecule has 4 heteroatoms. The van der Waals surface area contributed by atoms with E-state index in [2.05, 4.69) is 5.10 Å². The lowest BCUT2D eigenvalue weighted by molar-refractivity contribution is 0.278. The Morgan fingerprint density at radius 1 is 1.46 bits per heavy atom. The Balaban J connectivity index is 2.50. The Morgan fingerprint density at radius 2 is 2.38 bits per heavy atom. The summed E-state index contributed by atoms with van der Waals surface area (Å²) in [5, 5.41) is 5.23. The fourth-order valence-corrected chi connectivity index (χ4v) is 1.72. The SMILES string of the molecule is Nc1ccc2c3c1cnn3CCO2. The van der Waals surface area contributed by atoms with Crippen molar-refractivity contribution in [2.75, 3.05) is 12.3 Å². The van der Waals surface area contributed by atoms with Crippen LogP contribution in [0.1, 0.15) is 0 Å². The van der Waals surface area contributed by atoms with E-state index >= 15 is 0 Å². The van der Waals surface area contributed by atoms with Gasteiger partial charge >= 0.3 is 0 Å². The quantitative estimate of drug-likeness (QED) is 0.608. The van der Waals surface area contributed by atoms with Crippen LogP contribution in [0.15, 0.2) is 18.3 Å². The molecule has 2 aromatic rings. The number of anilines is 1. The lowest BCUT2D eigenvalue weighted by atomic mass is 10.2. The van der Waals surface area contributed by atoms with Crippen molar-refractivity contribution in [3.8, 4) is 5.75 Å². The minimum absolute atomic E-state index is 0.688. The smallest absolute Gasteiger partial charge is 0.145 e. The Kier molecular flexibility index (Phi) is 1.12. The molecule has 0 saturated carbocycles. The third-order valence-corrected chi connectivity index (χ3v) is 2.36. The zero-order chi connectivity index (χ0) is 8.84. The summed E-state index contributed by atoms with van der Waals surface area (Å²) in [6.45, 7) is 1.49. The van der Waals surface area contributed by atoms with Crippen LogP contribution in [0.4, 0.5) is 5.69 Å². The Bertz CT molecular complexity index is 475. The highest BCUT2D eigenvalue weighted by atomic mass is 16.5. The highest BCUT2D eigenvalue weighted by Gasteiger charge is 2.15. The zero-order valence-electron chi connectivity index (χ0n) is 7.03. The average molecular weight is 175 g/mol. The standard InChI is InChI=1S/C9H9N3O/c10-7-1-2-8-9-6(7)5-11-12(9)3-4-13-8/h1-2,5H,3-4,10H2. The van der Waals surface area contributed by atoms with Gasteiger partial charge in [-0.25, -0.2) is 0 Å². The Hall–Kier alpha value is -1.71. The topological polar surface area (TPSA) is 53.1 Å². The van der Waals surface area contributed by atoms with Gasteiger partial charge in [0.25, 0.3) is 0 Å². The average Bonchev–Trinajstić information content (AvgIpc) is 2.57.